The quantitative estimate of drug-likeness (QED) is 0.722. The standard InChI is InChI=1S/C11H23N3O/c1-5-6-10-12-9(2)11(15)14(10)8-7-13(3)4/h9-10,12H,5-8H2,1-4H3. The lowest BCUT2D eigenvalue weighted by Gasteiger charge is -2.25. The molecule has 1 amide bonds. The molecular weight excluding hydrogens is 190 g/mol. The third-order valence-corrected chi connectivity index (χ3v) is 2.82. The van der Waals surface area contributed by atoms with Gasteiger partial charge in [-0.2, -0.15) is 0 Å². The van der Waals surface area contributed by atoms with Gasteiger partial charge < -0.3 is 9.80 Å². The number of likely N-dealkylation sites (N-methyl/N-ethyl adjacent to an activating group) is 1. The van der Waals surface area contributed by atoms with Crippen molar-refractivity contribution in [2.24, 2.45) is 0 Å². The third kappa shape index (κ3) is 3.18. The molecule has 1 aliphatic rings. The fourth-order valence-corrected chi connectivity index (χ4v) is 1.94. The van der Waals surface area contributed by atoms with Crippen LogP contribution in [-0.2, 0) is 4.79 Å². The molecule has 15 heavy (non-hydrogen) atoms. The first-order chi connectivity index (χ1) is 7.06. The Hall–Kier alpha value is -0.610. The third-order valence-electron chi connectivity index (χ3n) is 2.82. The largest absolute Gasteiger partial charge is 0.325 e. The lowest BCUT2D eigenvalue weighted by atomic mass is 10.2. The number of nitrogens with one attached hydrogen (secondary N) is 1. The van der Waals surface area contributed by atoms with E-state index in [1.54, 1.807) is 0 Å². The molecule has 2 unspecified atom stereocenters. The predicted octanol–water partition coefficient (Wildman–Crippen LogP) is 0.495. The summed E-state index contributed by atoms with van der Waals surface area (Å²) in [6.45, 7) is 5.86. The minimum absolute atomic E-state index is 0.0105. The fraction of sp³-hybridized carbons (Fsp3) is 0.909. The molecule has 1 fully saturated rings. The topological polar surface area (TPSA) is 35.6 Å². The van der Waals surface area contributed by atoms with Gasteiger partial charge in [-0.15, -0.1) is 0 Å². The molecule has 0 radical (unpaired) electrons. The molecule has 0 spiro atoms. The normalized spacial score (nSPS) is 26.7. The molecule has 1 rings (SSSR count). The SMILES string of the molecule is CCCC1NC(C)C(=O)N1CCN(C)C. The average molecular weight is 213 g/mol. The Labute approximate surface area is 92.6 Å². The molecule has 0 aromatic heterocycles. The minimum atomic E-state index is -0.0105. The highest BCUT2D eigenvalue weighted by atomic mass is 16.2. The van der Waals surface area contributed by atoms with Crippen LogP contribution in [0.25, 0.3) is 0 Å². The van der Waals surface area contributed by atoms with Crippen molar-refractivity contribution in [3.63, 3.8) is 0 Å². The van der Waals surface area contributed by atoms with Crippen LogP contribution in [0.5, 0.6) is 0 Å². The number of hydrogen-bond donors (Lipinski definition) is 1. The molecule has 1 heterocycles. The molecule has 0 aliphatic carbocycles. The van der Waals surface area contributed by atoms with Gasteiger partial charge in [-0.25, -0.2) is 0 Å². The Morgan fingerprint density at radius 3 is 2.67 bits per heavy atom. The first-order valence-electron chi connectivity index (χ1n) is 5.77. The van der Waals surface area contributed by atoms with Gasteiger partial charge in [-0.1, -0.05) is 13.3 Å². The monoisotopic (exact) mass is 213 g/mol. The van der Waals surface area contributed by atoms with Crippen LogP contribution in [0.4, 0.5) is 0 Å². The molecule has 2 atom stereocenters. The summed E-state index contributed by atoms with van der Waals surface area (Å²) in [5, 5.41) is 3.34. The maximum atomic E-state index is 11.8. The van der Waals surface area contributed by atoms with Gasteiger partial charge in [0.2, 0.25) is 5.91 Å². The highest BCUT2D eigenvalue weighted by molar-refractivity contribution is 5.83. The van der Waals surface area contributed by atoms with E-state index in [-0.39, 0.29) is 18.1 Å². The zero-order valence-electron chi connectivity index (χ0n) is 10.3. The molecule has 0 aromatic carbocycles. The maximum Gasteiger partial charge on any atom is 0.240 e. The number of nitrogens with zero attached hydrogens (tertiary/aromatic N) is 2. The summed E-state index contributed by atoms with van der Waals surface area (Å²) in [4.78, 5) is 15.9. The number of carbonyl (C=O) groups is 1. The van der Waals surface area contributed by atoms with Crippen LogP contribution in [0, 0.1) is 0 Å². The molecule has 4 nitrogen and oxygen atoms in total. The molecule has 1 N–H and O–H groups in total. The zero-order chi connectivity index (χ0) is 11.4. The number of hydrogen-bond acceptors (Lipinski definition) is 3. The fourth-order valence-electron chi connectivity index (χ4n) is 1.94. The van der Waals surface area contributed by atoms with Gasteiger partial charge in [0, 0.05) is 13.1 Å². The lowest BCUT2D eigenvalue weighted by Crippen LogP contribution is -2.41. The van der Waals surface area contributed by atoms with Gasteiger partial charge in [0.25, 0.3) is 0 Å². The van der Waals surface area contributed by atoms with Gasteiger partial charge in [-0.3, -0.25) is 10.1 Å². The number of carbonyl (C=O) groups excluding carboxylic acids is 1. The van der Waals surface area contributed by atoms with Crippen molar-refractivity contribution in [3.05, 3.63) is 0 Å². The summed E-state index contributed by atoms with van der Waals surface area (Å²) >= 11 is 0. The van der Waals surface area contributed by atoms with E-state index >= 15 is 0 Å². The van der Waals surface area contributed by atoms with Crippen LogP contribution in [0.3, 0.4) is 0 Å². The summed E-state index contributed by atoms with van der Waals surface area (Å²) in [7, 11) is 4.07. The van der Waals surface area contributed by atoms with Crippen molar-refractivity contribution in [1.82, 2.24) is 15.1 Å². The highest BCUT2D eigenvalue weighted by Gasteiger charge is 2.34. The van der Waals surface area contributed by atoms with E-state index in [9.17, 15) is 4.79 Å². The molecule has 0 bridgehead atoms. The summed E-state index contributed by atoms with van der Waals surface area (Å²) < 4.78 is 0. The molecule has 1 aliphatic heterocycles. The Balaban J connectivity index is 2.52. The van der Waals surface area contributed by atoms with Crippen LogP contribution in [0.15, 0.2) is 0 Å². The van der Waals surface area contributed by atoms with Crippen LogP contribution in [0.1, 0.15) is 26.7 Å². The summed E-state index contributed by atoms with van der Waals surface area (Å²) in [6.07, 6.45) is 2.40. The van der Waals surface area contributed by atoms with Crippen molar-refractivity contribution in [2.45, 2.75) is 38.9 Å². The van der Waals surface area contributed by atoms with Crippen LogP contribution < -0.4 is 5.32 Å². The first-order valence-corrected chi connectivity index (χ1v) is 5.77. The Morgan fingerprint density at radius 2 is 2.13 bits per heavy atom. The van der Waals surface area contributed by atoms with E-state index < -0.39 is 0 Å². The van der Waals surface area contributed by atoms with Gasteiger partial charge in [0.05, 0.1) is 12.2 Å². The van der Waals surface area contributed by atoms with Crippen LogP contribution in [0.2, 0.25) is 0 Å². The van der Waals surface area contributed by atoms with Crippen molar-refractivity contribution in [3.8, 4) is 0 Å². The number of rotatable bonds is 5. The van der Waals surface area contributed by atoms with Crippen molar-refractivity contribution in [2.75, 3.05) is 27.2 Å². The molecule has 4 heteroatoms. The van der Waals surface area contributed by atoms with Crippen molar-refractivity contribution < 1.29 is 4.79 Å². The second-order valence-electron chi connectivity index (χ2n) is 4.53. The molecule has 1 saturated heterocycles. The Kier molecular flexibility index (Phi) is 4.54. The first kappa shape index (κ1) is 12.5. The van der Waals surface area contributed by atoms with E-state index in [1.807, 2.05) is 25.9 Å². The van der Waals surface area contributed by atoms with Crippen molar-refractivity contribution in [1.29, 1.82) is 0 Å². The minimum Gasteiger partial charge on any atom is -0.325 e. The summed E-state index contributed by atoms with van der Waals surface area (Å²) in [6, 6.07) is -0.0105. The van der Waals surface area contributed by atoms with Gasteiger partial charge in [0.1, 0.15) is 0 Å². The molecule has 0 aromatic rings. The van der Waals surface area contributed by atoms with Gasteiger partial charge in [-0.05, 0) is 27.4 Å². The number of amides is 1. The zero-order valence-corrected chi connectivity index (χ0v) is 10.3. The summed E-state index contributed by atoms with van der Waals surface area (Å²) in [5.41, 5.74) is 0. The molecule has 88 valence electrons. The highest BCUT2D eigenvalue weighted by Crippen LogP contribution is 2.14. The van der Waals surface area contributed by atoms with E-state index in [0.29, 0.717) is 0 Å². The van der Waals surface area contributed by atoms with E-state index in [1.165, 1.54) is 0 Å². The second-order valence-corrected chi connectivity index (χ2v) is 4.53. The average Bonchev–Trinajstić information content (AvgIpc) is 2.41. The lowest BCUT2D eigenvalue weighted by molar-refractivity contribution is -0.129. The van der Waals surface area contributed by atoms with E-state index in [0.717, 1.165) is 25.9 Å². The van der Waals surface area contributed by atoms with Gasteiger partial charge >= 0.3 is 0 Å². The Bertz CT molecular complexity index is 218. The van der Waals surface area contributed by atoms with E-state index in [4.69, 9.17) is 0 Å². The van der Waals surface area contributed by atoms with Crippen LogP contribution >= 0.6 is 0 Å². The second kappa shape index (κ2) is 5.47. The Morgan fingerprint density at radius 1 is 1.47 bits per heavy atom. The van der Waals surface area contributed by atoms with E-state index in [2.05, 4.69) is 17.1 Å². The maximum absolute atomic E-state index is 11.8. The van der Waals surface area contributed by atoms with Crippen LogP contribution in [-0.4, -0.2) is 55.1 Å². The molecule has 0 saturated carbocycles. The van der Waals surface area contributed by atoms with Crippen molar-refractivity contribution >= 4 is 5.91 Å². The predicted molar refractivity (Wildman–Crippen MR) is 61.6 cm³/mol. The molecular formula is C11H23N3O. The summed E-state index contributed by atoms with van der Waals surface area (Å²) in [5.74, 6) is 0.246. The van der Waals surface area contributed by atoms with Gasteiger partial charge in [0.15, 0.2) is 0 Å². The smallest absolute Gasteiger partial charge is 0.240 e.